The summed E-state index contributed by atoms with van der Waals surface area (Å²) in [6.07, 6.45) is 0.719. The number of amides is 1. The number of carbonyl (C=O) groups excluding carboxylic acids is 1. The summed E-state index contributed by atoms with van der Waals surface area (Å²) >= 11 is 5.96. The zero-order chi connectivity index (χ0) is 21.5. The lowest BCUT2D eigenvalue weighted by Gasteiger charge is -2.26. The van der Waals surface area contributed by atoms with E-state index in [-0.39, 0.29) is 29.8 Å². The lowest BCUT2D eigenvalue weighted by molar-refractivity contribution is 0.0360. The maximum Gasteiger partial charge on any atom is 0.252 e. The van der Waals surface area contributed by atoms with E-state index in [1.807, 2.05) is 0 Å². The number of aliphatic hydroxyl groups excluding tert-OH is 1. The predicted molar refractivity (Wildman–Crippen MR) is 112 cm³/mol. The van der Waals surface area contributed by atoms with E-state index in [2.05, 4.69) is 4.90 Å². The van der Waals surface area contributed by atoms with Crippen LogP contribution in [-0.4, -0.2) is 61.0 Å². The number of hydrogen-bond donors (Lipinski definition) is 2. The molecule has 2 atom stereocenters. The van der Waals surface area contributed by atoms with Crippen LogP contribution in [0.3, 0.4) is 0 Å². The first kappa shape index (κ1) is 22.5. The van der Waals surface area contributed by atoms with Gasteiger partial charge in [-0.3, -0.25) is 9.69 Å². The molecular formula is C22H26ClFN2O4. The number of rotatable bonds is 8. The van der Waals surface area contributed by atoms with Crippen molar-refractivity contribution in [1.29, 1.82) is 0 Å². The van der Waals surface area contributed by atoms with Crippen molar-refractivity contribution in [1.82, 2.24) is 4.90 Å². The number of aliphatic hydroxyl groups is 1. The van der Waals surface area contributed by atoms with E-state index in [0.717, 1.165) is 18.5 Å². The molecule has 1 saturated heterocycles. The van der Waals surface area contributed by atoms with E-state index < -0.39 is 12.0 Å². The second-order valence-electron chi connectivity index (χ2n) is 7.41. The highest BCUT2D eigenvalue weighted by molar-refractivity contribution is 6.30. The van der Waals surface area contributed by atoms with Gasteiger partial charge < -0.3 is 20.3 Å². The highest BCUT2D eigenvalue weighted by atomic mass is 35.5. The third-order valence-corrected chi connectivity index (χ3v) is 5.16. The molecule has 1 amide bonds. The fraction of sp³-hybridized carbons (Fsp3) is 0.409. The number of carbonyl (C=O) groups is 1. The first-order chi connectivity index (χ1) is 14.4. The average Bonchev–Trinajstić information content (AvgIpc) is 2.92. The van der Waals surface area contributed by atoms with Crippen LogP contribution in [0.1, 0.15) is 22.3 Å². The molecule has 8 heteroatoms. The van der Waals surface area contributed by atoms with Crippen LogP contribution in [0.4, 0.5) is 4.39 Å². The Labute approximate surface area is 180 Å². The van der Waals surface area contributed by atoms with E-state index in [9.17, 15) is 14.3 Å². The summed E-state index contributed by atoms with van der Waals surface area (Å²) in [5.41, 5.74) is 6.58. The van der Waals surface area contributed by atoms with Gasteiger partial charge >= 0.3 is 0 Å². The van der Waals surface area contributed by atoms with Crippen molar-refractivity contribution in [2.24, 2.45) is 5.73 Å². The van der Waals surface area contributed by atoms with E-state index in [4.69, 9.17) is 26.8 Å². The number of nitrogens with zero attached hydrogens (tertiary/aromatic N) is 1. The average molecular weight is 437 g/mol. The molecule has 2 aromatic rings. The van der Waals surface area contributed by atoms with Crippen LogP contribution in [0, 0.1) is 5.82 Å². The molecule has 1 aliphatic heterocycles. The summed E-state index contributed by atoms with van der Waals surface area (Å²) in [4.78, 5) is 13.7. The Morgan fingerprint density at radius 1 is 1.33 bits per heavy atom. The van der Waals surface area contributed by atoms with Crippen molar-refractivity contribution >= 4 is 17.5 Å². The van der Waals surface area contributed by atoms with Gasteiger partial charge in [0.25, 0.3) is 5.91 Å². The molecule has 30 heavy (non-hydrogen) atoms. The van der Waals surface area contributed by atoms with Gasteiger partial charge in [0.05, 0.1) is 11.7 Å². The summed E-state index contributed by atoms with van der Waals surface area (Å²) in [6.45, 7) is 2.48. The Bertz CT molecular complexity index is 850. The SMILES string of the molecule is NC(=O)c1ccc(Cl)cc1OCC(O)CN1CCCOC(Cc2ccc(F)cc2)C1. The molecule has 0 bridgehead atoms. The lowest BCUT2D eigenvalue weighted by atomic mass is 10.1. The fourth-order valence-corrected chi connectivity index (χ4v) is 3.66. The minimum atomic E-state index is -0.769. The van der Waals surface area contributed by atoms with Gasteiger partial charge in [-0.2, -0.15) is 0 Å². The molecule has 0 aliphatic carbocycles. The smallest absolute Gasteiger partial charge is 0.252 e. The summed E-state index contributed by atoms with van der Waals surface area (Å²) in [5, 5.41) is 10.9. The second-order valence-corrected chi connectivity index (χ2v) is 7.84. The maximum atomic E-state index is 13.1. The molecule has 1 heterocycles. The Hall–Kier alpha value is -2.19. The lowest BCUT2D eigenvalue weighted by Crippen LogP contribution is -2.40. The van der Waals surface area contributed by atoms with Gasteiger partial charge in [0.2, 0.25) is 0 Å². The zero-order valence-corrected chi connectivity index (χ0v) is 17.4. The summed E-state index contributed by atoms with van der Waals surface area (Å²) < 4.78 is 24.6. The Balaban J connectivity index is 1.54. The quantitative estimate of drug-likeness (QED) is 0.664. The largest absolute Gasteiger partial charge is 0.490 e. The summed E-state index contributed by atoms with van der Waals surface area (Å²) in [5.74, 6) is -0.628. The van der Waals surface area contributed by atoms with Crippen molar-refractivity contribution in [3.05, 3.63) is 64.4 Å². The van der Waals surface area contributed by atoms with E-state index in [1.54, 1.807) is 18.2 Å². The van der Waals surface area contributed by atoms with Crippen molar-refractivity contribution in [3.63, 3.8) is 0 Å². The molecule has 1 aliphatic rings. The Morgan fingerprint density at radius 3 is 2.83 bits per heavy atom. The first-order valence-electron chi connectivity index (χ1n) is 9.89. The standard InChI is InChI=1S/C22H26ClFN2O4/c23-16-4-7-20(22(25)28)21(11-16)30-14-18(27)12-26-8-1-9-29-19(13-26)10-15-2-5-17(24)6-3-15/h2-7,11,18-19,27H,1,8-10,12-14H2,(H2,25,28). The van der Waals surface area contributed by atoms with Crippen molar-refractivity contribution in [3.8, 4) is 5.75 Å². The first-order valence-corrected chi connectivity index (χ1v) is 10.3. The van der Waals surface area contributed by atoms with Crippen molar-refractivity contribution in [2.75, 3.05) is 32.8 Å². The number of hydrogen-bond acceptors (Lipinski definition) is 5. The van der Waals surface area contributed by atoms with Crippen LogP contribution in [0.25, 0.3) is 0 Å². The van der Waals surface area contributed by atoms with Gasteiger partial charge in [0.15, 0.2) is 0 Å². The molecule has 1 fully saturated rings. The third-order valence-electron chi connectivity index (χ3n) is 4.92. The van der Waals surface area contributed by atoms with Crippen molar-refractivity contribution in [2.45, 2.75) is 25.0 Å². The van der Waals surface area contributed by atoms with E-state index >= 15 is 0 Å². The number of β-amino-alcohol motifs (C(OH)–C–C–N with tert-alkyl or cyclic N) is 1. The van der Waals surface area contributed by atoms with Gasteiger partial charge in [-0.05, 0) is 48.7 Å². The molecule has 2 unspecified atom stereocenters. The van der Waals surface area contributed by atoms with Gasteiger partial charge in [-0.1, -0.05) is 23.7 Å². The van der Waals surface area contributed by atoms with E-state index in [0.29, 0.717) is 31.1 Å². The molecule has 0 saturated carbocycles. The minimum Gasteiger partial charge on any atom is -0.490 e. The molecule has 0 radical (unpaired) electrons. The van der Waals surface area contributed by atoms with Crippen LogP contribution in [0.2, 0.25) is 5.02 Å². The molecule has 0 aromatic heterocycles. The molecule has 162 valence electrons. The number of nitrogens with two attached hydrogens (primary N) is 1. The highest BCUT2D eigenvalue weighted by Gasteiger charge is 2.22. The number of halogens is 2. The Kier molecular flexibility index (Phi) is 8.04. The van der Waals surface area contributed by atoms with Gasteiger partial charge in [-0.15, -0.1) is 0 Å². The molecule has 2 aromatic carbocycles. The number of benzene rings is 2. The minimum absolute atomic E-state index is 0.000603. The highest BCUT2D eigenvalue weighted by Crippen LogP contribution is 2.23. The van der Waals surface area contributed by atoms with Gasteiger partial charge in [0.1, 0.15) is 24.3 Å². The Morgan fingerprint density at radius 2 is 2.10 bits per heavy atom. The van der Waals surface area contributed by atoms with Crippen LogP contribution >= 0.6 is 11.6 Å². The molecular weight excluding hydrogens is 411 g/mol. The molecule has 3 N–H and O–H groups in total. The fourth-order valence-electron chi connectivity index (χ4n) is 3.50. The van der Waals surface area contributed by atoms with Gasteiger partial charge in [-0.25, -0.2) is 4.39 Å². The monoisotopic (exact) mass is 436 g/mol. The molecule has 3 rings (SSSR count). The van der Waals surface area contributed by atoms with Crippen molar-refractivity contribution < 1.29 is 23.8 Å². The number of ether oxygens (including phenoxy) is 2. The second kappa shape index (κ2) is 10.7. The predicted octanol–water partition coefficient (Wildman–Crippen LogP) is 2.65. The van der Waals surface area contributed by atoms with E-state index in [1.165, 1.54) is 24.3 Å². The molecule has 6 nitrogen and oxygen atoms in total. The van der Waals surface area contributed by atoms with Crippen LogP contribution < -0.4 is 10.5 Å². The van der Waals surface area contributed by atoms with Crippen LogP contribution in [0.15, 0.2) is 42.5 Å². The molecule has 0 spiro atoms. The van der Waals surface area contributed by atoms with Crippen LogP contribution in [0.5, 0.6) is 5.75 Å². The zero-order valence-electron chi connectivity index (χ0n) is 16.6. The number of primary amides is 1. The maximum absolute atomic E-state index is 13.1. The topological polar surface area (TPSA) is 85.0 Å². The third kappa shape index (κ3) is 6.67. The normalized spacial score (nSPS) is 18.6. The summed E-state index contributed by atoms with van der Waals surface area (Å²) in [7, 11) is 0. The van der Waals surface area contributed by atoms with Gasteiger partial charge in [0, 0.05) is 31.3 Å². The summed E-state index contributed by atoms with van der Waals surface area (Å²) in [6, 6.07) is 11.0. The van der Waals surface area contributed by atoms with Crippen LogP contribution in [-0.2, 0) is 11.2 Å².